The van der Waals surface area contributed by atoms with E-state index in [1.807, 2.05) is 12.3 Å². The van der Waals surface area contributed by atoms with Crippen molar-refractivity contribution in [1.29, 1.82) is 0 Å². The first-order valence-electron chi connectivity index (χ1n) is 6.14. The molecule has 0 fully saturated rings. The summed E-state index contributed by atoms with van der Waals surface area (Å²) in [4.78, 5) is 21.1. The molecule has 0 bridgehead atoms. The maximum absolute atomic E-state index is 12.1. The number of nitrogens with one attached hydrogen (secondary N) is 1. The number of methoxy groups -OCH3 is 1. The second kappa shape index (κ2) is 7.14. The number of rotatable bonds is 5. The maximum atomic E-state index is 12.1. The Morgan fingerprint density at radius 3 is 2.90 bits per heavy atom. The van der Waals surface area contributed by atoms with Crippen LogP contribution in [0.15, 0.2) is 11.6 Å². The summed E-state index contributed by atoms with van der Waals surface area (Å²) in [5.41, 5.74) is 7.65. The highest BCUT2D eigenvalue weighted by Crippen LogP contribution is 2.23. The van der Waals surface area contributed by atoms with Gasteiger partial charge in [0.05, 0.1) is 0 Å². The Morgan fingerprint density at radius 1 is 1.57 bits per heavy atom. The number of nitrogen functional groups attached to an aromatic ring is 1. The van der Waals surface area contributed by atoms with Crippen molar-refractivity contribution in [1.82, 2.24) is 15.3 Å². The van der Waals surface area contributed by atoms with Crippen LogP contribution in [0.3, 0.4) is 0 Å². The molecular formula is C13H15IN4O2S. The van der Waals surface area contributed by atoms with Crippen LogP contribution >= 0.6 is 33.9 Å². The number of amides is 1. The molecule has 0 radical (unpaired) electrons. The van der Waals surface area contributed by atoms with E-state index in [0.29, 0.717) is 35.2 Å². The topological polar surface area (TPSA) is 90.1 Å². The summed E-state index contributed by atoms with van der Waals surface area (Å²) in [6.45, 7) is 2.59. The molecule has 0 spiro atoms. The van der Waals surface area contributed by atoms with E-state index in [1.54, 1.807) is 13.3 Å². The average molecular weight is 418 g/mol. The van der Waals surface area contributed by atoms with Crippen molar-refractivity contribution in [3.05, 3.63) is 37.0 Å². The molecule has 0 unspecified atom stereocenters. The Bertz CT molecular complexity index is 660. The lowest BCUT2D eigenvalue weighted by Crippen LogP contribution is -2.23. The molecule has 0 aliphatic heterocycles. The van der Waals surface area contributed by atoms with Crippen molar-refractivity contribution < 1.29 is 9.53 Å². The number of nitrogens with two attached hydrogens (primary N) is 1. The third-order valence-electron chi connectivity index (χ3n) is 2.77. The summed E-state index contributed by atoms with van der Waals surface area (Å²) in [5.74, 6) is 0.765. The van der Waals surface area contributed by atoms with E-state index in [0.717, 1.165) is 9.13 Å². The van der Waals surface area contributed by atoms with Gasteiger partial charge in [-0.25, -0.2) is 9.97 Å². The normalized spacial score (nSPS) is 10.6. The number of nitrogens with zero attached hydrogens (tertiary/aromatic N) is 2. The van der Waals surface area contributed by atoms with Crippen LogP contribution in [0.25, 0.3) is 0 Å². The molecule has 0 saturated carbocycles. The Morgan fingerprint density at radius 2 is 2.33 bits per heavy atom. The second-order valence-corrected chi connectivity index (χ2v) is 6.33. The largest absolute Gasteiger partial charge is 0.383 e. The third-order valence-corrected chi connectivity index (χ3v) is 5.62. The number of carbonyl (C=O) groups excluding carboxylic acids is 1. The van der Waals surface area contributed by atoms with Gasteiger partial charge in [-0.15, -0.1) is 11.3 Å². The van der Waals surface area contributed by atoms with Crippen molar-refractivity contribution in [3.63, 3.8) is 0 Å². The Labute approximate surface area is 140 Å². The van der Waals surface area contributed by atoms with Gasteiger partial charge in [-0.05, 0) is 40.5 Å². The minimum Gasteiger partial charge on any atom is -0.383 e. The van der Waals surface area contributed by atoms with Gasteiger partial charge in [-0.2, -0.15) is 0 Å². The number of hydrogen-bond donors (Lipinski definition) is 2. The van der Waals surface area contributed by atoms with E-state index < -0.39 is 0 Å². The number of ether oxygens (including phenoxy) is 1. The van der Waals surface area contributed by atoms with Crippen LogP contribution < -0.4 is 11.1 Å². The summed E-state index contributed by atoms with van der Waals surface area (Å²) in [6, 6.07) is 0. The molecule has 21 heavy (non-hydrogen) atoms. The van der Waals surface area contributed by atoms with Crippen LogP contribution in [-0.4, -0.2) is 23.0 Å². The number of aromatic nitrogens is 2. The molecule has 2 aromatic heterocycles. The van der Waals surface area contributed by atoms with E-state index in [1.165, 1.54) is 11.3 Å². The second-order valence-electron chi connectivity index (χ2n) is 4.37. The summed E-state index contributed by atoms with van der Waals surface area (Å²) in [6.07, 6.45) is 1.61. The lowest BCUT2D eigenvalue weighted by Gasteiger charge is -2.08. The maximum Gasteiger partial charge on any atom is 0.262 e. The van der Waals surface area contributed by atoms with E-state index in [4.69, 9.17) is 10.5 Å². The van der Waals surface area contributed by atoms with Crippen molar-refractivity contribution in [2.24, 2.45) is 0 Å². The molecule has 1 amide bonds. The molecule has 2 rings (SSSR count). The fraction of sp³-hybridized carbons (Fsp3) is 0.308. The van der Waals surface area contributed by atoms with Gasteiger partial charge in [0.2, 0.25) is 0 Å². The number of hydrogen-bond acceptors (Lipinski definition) is 6. The first-order valence-corrected chi connectivity index (χ1v) is 8.09. The molecule has 8 heteroatoms. The van der Waals surface area contributed by atoms with E-state index in [-0.39, 0.29) is 5.91 Å². The molecule has 112 valence electrons. The minimum atomic E-state index is -0.113. The van der Waals surface area contributed by atoms with Gasteiger partial charge in [0.15, 0.2) is 5.82 Å². The number of aryl methyl sites for hydroxylation is 1. The molecule has 0 saturated heterocycles. The molecule has 0 aromatic carbocycles. The highest BCUT2D eigenvalue weighted by molar-refractivity contribution is 14.1. The zero-order chi connectivity index (χ0) is 15.4. The van der Waals surface area contributed by atoms with Crippen molar-refractivity contribution in [3.8, 4) is 0 Å². The lowest BCUT2D eigenvalue weighted by molar-refractivity contribution is 0.0954. The zero-order valence-electron chi connectivity index (χ0n) is 11.6. The van der Waals surface area contributed by atoms with Crippen LogP contribution in [-0.2, 0) is 17.9 Å². The predicted molar refractivity (Wildman–Crippen MR) is 90.1 cm³/mol. The fourth-order valence-corrected chi connectivity index (χ4v) is 3.48. The summed E-state index contributed by atoms with van der Waals surface area (Å²) >= 11 is 3.61. The van der Waals surface area contributed by atoms with Gasteiger partial charge < -0.3 is 15.8 Å². The van der Waals surface area contributed by atoms with Crippen LogP contribution in [0.4, 0.5) is 5.82 Å². The number of thiophene rings is 1. The third kappa shape index (κ3) is 3.89. The van der Waals surface area contributed by atoms with Crippen LogP contribution in [0.1, 0.15) is 26.6 Å². The molecule has 6 nitrogen and oxygen atoms in total. The SMILES string of the molecule is COCc1ncc(CNC(=O)c2scc(C)c2I)c(N)n1. The van der Waals surface area contributed by atoms with E-state index in [9.17, 15) is 4.79 Å². The molecule has 0 atom stereocenters. The standard InChI is InChI=1S/C13H15IN4O2S/c1-7-6-21-11(10(7)14)13(19)17-4-8-3-16-9(5-20-2)18-12(8)15/h3,6H,4-5H2,1-2H3,(H,17,19)(H2,15,16,18). The van der Waals surface area contributed by atoms with Gasteiger partial charge in [0, 0.05) is 29.0 Å². The molecule has 3 N–H and O–H groups in total. The highest BCUT2D eigenvalue weighted by atomic mass is 127. The van der Waals surface area contributed by atoms with E-state index in [2.05, 4.69) is 37.9 Å². The van der Waals surface area contributed by atoms with Crippen LogP contribution in [0, 0.1) is 10.5 Å². The monoisotopic (exact) mass is 418 g/mol. The zero-order valence-corrected chi connectivity index (χ0v) is 14.6. The fourth-order valence-electron chi connectivity index (χ4n) is 1.63. The Kier molecular flexibility index (Phi) is 5.48. The smallest absolute Gasteiger partial charge is 0.262 e. The molecular weight excluding hydrogens is 403 g/mol. The Balaban J connectivity index is 2.03. The van der Waals surface area contributed by atoms with Crippen LogP contribution in [0.2, 0.25) is 0 Å². The molecule has 0 aliphatic carbocycles. The number of anilines is 1. The summed E-state index contributed by atoms with van der Waals surface area (Å²) < 4.78 is 5.93. The molecule has 2 heterocycles. The quantitative estimate of drug-likeness (QED) is 0.727. The number of carbonyl (C=O) groups is 1. The highest BCUT2D eigenvalue weighted by Gasteiger charge is 2.14. The Hall–Kier alpha value is -1.26. The summed E-state index contributed by atoms with van der Waals surface area (Å²) in [7, 11) is 1.57. The summed E-state index contributed by atoms with van der Waals surface area (Å²) in [5, 5.41) is 4.80. The molecule has 2 aromatic rings. The number of halogens is 1. The van der Waals surface area contributed by atoms with E-state index >= 15 is 0 Å². The van der Waals surface area contributed by atoms with Gasteiger partial charge in [-0.1, -0.05) is 0 Å². The molecule has 0 aliphatic rings. The lowest BCUT2D eigenvalue weighted by atomic mass is 10.3. The van der Waals surface area contributed by atoms with Gasteiger partial charge in [0.25, 0.3) is 5.91 Å². The van der Waals surface area contributed by atoms with Gasteiger partial charge in [-0.3, -0.25) is 4.79 Å². The van der Waals surface area contributed by atoms with Crippen molar-refractivity contribution >= 4 is 45.7 Å². The first-order chi connectivity index (χ1) is 10.0. The van der Waals surface area contributed by atoms with Gasteiger partial charge in [0.1, 0.15) is 17.3 Å². The first kappa shape index (κ1) is 16.1. The van der Waals surface area contributed by atoms with Gasteiger partial charge >= 0.3 is 0 Å². The minimum absolute atomic E-state index is 0.113. The van der Waals surface area contributed by atoms with Crippen molar-refractivity contribution in [2.75, 3.05) is 12.8 Å². The predicted octanol–water partition coefficient (Wildman–Crippen LogP) is 2.11. The van der Waals surface area contributed by atoms with Crippen molar-refractivity contribution in [2.45, 2.75) is 20.1 Å². The van der Waals surface area contributed by atoms with Crippen LogP contribution in [0.5, 0.6) is 0 Å². The average Bonchev–Trinajstić information content (AvgIpc) is 2.78.